The molecule has 2 aliphatic rings. The molecular formula is C29H38BrN5O. The first kappa shape index (κ1) is 26.4. The number of rotatable bonds is 9. The second-order valence-corrected chi connectivity index (χ2v) is 10.6. The van der Waals surface area contributed by atoms with Gasteiger partial charge in [0, 0.05) is 33.4 Å². The fourth-order valence-corrected chi connectivity index (χ4v) is 5.73. The summed E-state index contributed by atoms with van der Waals surface area (Å²) in [6, 6.07) is 8.83. The van der Waals surface area contributed by atoms with Crippen LogP contribution in [0.2, 0.25) is 0 Å². The van der Waals surface area contributed by atoms with Crippen molar-refractivity contribution < 1.29 is 0 Å². The summed E-state index contributed by atoms with van der Waals surface area (Å²) in [4.78, 5) is 21.6. The molecule has 2 heterocycles. The number of allylic oxidation sites excluding steroid dienone is 6. The molecule has 2 aromatic rings. The lowest BCUT2D eigenvalue weighted by Crippen LogP contribution is -2.34. The standard InChI is InChI=1S/C29H38BrN5O/c1-31-22-32(2)25-15-13-23(14-16-25)9-8-10-24-17-19-34(20-18-24)21-27-28(30)29(36)35(33(27)3)26-11-6-4-5-7-12-26/h4-6,11-16,22,24H,7-10,17-21H2,1-3H3. The van der Waals surface area contributed by atoms with Gasteiger partial charge in [0.1, 0.15) is 4.47 Å². The second kappa shape index (κ2) is 12.5. The summed E-state index contributed by atoms with van der Waals surface area (Å²) in [7, 11) is 5.80. The number of nitrogens with zero attached hydrogens (tertiary/aromatic N) is 5. The predicted octanol–water partition coefficient (Wildman–Crippen LogP) is 5.64. The highest BCUT2D eigenvalue weighted by Crippen LogP contribution is 2.26. The Labute approximate surface area is 223 Å². The van der Waals surface area contributed by atoms with E-state index in [-0.39, 0.29) is 5.56 Å². The molecule has 1 aromatic heterocycles. The number of halogens is 1. The molecule has 1 aromatic carbocycles. The summed E-state index contributed by atoms with van der Waals surface area (Å²) < 4.78 is 4.47. The van der Waals surface area contributed by atoms with Crippen LogP contribution in [0.3, 0.4) is 0 Å². The van der Waals surface area contributed by atoms with Crippen molar-refractivity contribution in [2.24, 2.45) is 18.0 Å². The Morgan fingerprint density at radius 1 is 1.17 bits per heavy atom. The summed E-state index contributed by atoms with van der Waals surface area (Å²) >= 11 is 3.60. The minimum Gasteiger partial charge on any atom is -0.336 e. The van der Waals surface area contributed by atoms with Gasteiger partial charge in [-0.2, -0.15) is 0 Å². The minimum absolute atomic E-state index is 0.0124. The lowest BCUT2D eigenvalue weighted by Gasteiger charge is -2.32. The topological polar surface area (TPSA) is 45.8 Å². The normalized spacial score (nSPS) is 17.1. The Morgan fingerprint density at radius 2 is 1.92 bits per heavy atom. The molecule has 4 rings (SSSR count). The van der Waals surface area contributed by atoms with Crippen LogP contribution in [0.15, 0.2) is 68.9 Å². The monoisotopic (exact) mass is 551 g/mol. The van der Waals surface area contributed by atoms with Crippen molar-refractivity contribution in [3.63, 3.8) is 0 Å². The summed E-state index contributed by atoms with van der Waals surface area (Å²) in [5.41, 5.74) is 4.55. The van der Waals surface area contributed by atoms with Gasteiger partial charge in [-0.05, 0) is 90.8 Å². The van der Waals surface area contributed by atoms with Crippen LogP contribution in [0.1, 0.15) is 43.4 Å². The van der Waals surface area contributed by atoms with Crippen LogP contribution >= 0.6 is 15.9 Å². The highest BCUT2D eigenvalue weighted by Gasteiger charge is 2.23. The molecule has 36 heavy (non-hydrogen) atoms. The van der Waals surface area contributed by atoms with Crippen molar-refractivity contribution in [3.8, 4) is 0 Å². The smallest absolute Gasteiger partial charge is 0.286 e. The largest absolute Gasteiger partial charge is 0.336 e. The maximum Gasteiger partial charge on any atom is 0.286 e. The molecule has 0 unspecified atom stereocenters. The van der Waals surface area contributed by atoms with Crippen molar-refractivity contribution in [2.45, 2.75) is 45.1 Å². The van der Waals surface area contributed by atoms with E-state index < -0.39 is 0 Å². The number of hydrogen-bond donors (Lipinski definition) is 0. The van der Waals surface area contributed by atoms with E-state index in [1.165, 1.54) is 31.2 Å². The Balaban J connectivity index is 1.26. The van der Waals surface area contributed by atoms with E-state index in [1.54, 1.807) is 11.7 Å². The molecule has 0 radical (unpaired) electrons. The third-order valence-corrected chi connectivity index (χ3v) is 8.13. The van der Waals surface area contributed by atoms with Crippen LogP contribution in [-0.4, -0.2) is 47.8 Å². The average Bonchev–Trinajstić information content (AvgIpc) is 3.07. The van der Waals surface area contributed by atoms with Gasteiger partial charge in [-0.15, -0.1) is 0 Å². The molecule has 0 spiro atoms. The maximum absolute atomic E-state index is 13.0. The molecule has 0 saturated carbocycles. The minimum atomic E-state index is 0.0124. The molecule has 1 saturated heterocycles. The van der Waals surface area contributed by atoms with Gasteiger partial charge in [-0.1, -0.05) is 42.9 Å². The Hall–Kier alpha value is -2.64. The lowest BCUT2D eigenvalue weighted by molar-refractivity contribution is 0.167. The fraction of sp³-hybridized carbons (Fsp3) is 0.448. The third kappa shape index (κ3) is 6.37. The van der Waals surface area contributed by atoms with Gasteiger partial charge in [-0.25, -0.2) is 4.68 Å². The summed E-state index contributed by atoms with van der Waals surface area (Å²) in [5.74, 6) is 0.790. The zero-order valence-electron chi connectivity index (χ0n) is 21.7. The molecular weight excluding hydrogens is 514 g/mol. The third-order valence-electron chi connectivity index (χ3n) is 7.34. The average molecular weight is 553 g/mol. The SMILES string of the molecule is CN=CN(C)c1ccc(CCCC2CCN(Cc3c(Br)c(=O)n(C4=CCC=CC=C4)n3C)CC2)cc1. The molecule has 0 N–H and O–H groups in total. The number of likely N-dealkylation sites (tertiary alicyclic amines) is 1. The Morgan fingerprint density at radius 3 is 2.64 bits per heavy atom. The molecule has 6 nitrogen and oxygen atoms in total. The van der Waals surface area contributed by atoms with Gasteiger partial charge >= 0.3 is 0 Å². The highest BCUT2D eigenvalue weighted by molar-refractivity contribution is 9.10. The van der Waals surface area contributed by atoms with Gasteiger partial charge in [0.25, 0.3) is 5.56 Å². The van der Waals surface area contributed by atoms with Gasteiger partial charge in [0.15, 0.2) is 0 Å². The van der Waals surface area contributed by atoms with Gasteiger partial charge in [-0.3, -0.25) is 19.4 Å². The number of aliphatic imine (C=N–C) groups is 1. The van der Waals surface area contributed by atoms with Gasteiger partial charge < -0.3 is 4.90 Å². The van der Waals surface area contributed by atoms with Crippen LogP contribution in [0, 0.1) is 5.92 Å². The van der Waals surface area contributed by atoms with Crippen LogP contribution < -0.4 is 10.5 Å². The first-order chi connectivity index (χ1) is 17.5. The fourth-order valence-electron chi connectivity index (χ4n) is 5.18. The Bertz CT molecular complexity index is 1190. The van der Waals surface area contributed by atoms with E-state index in [9.17, 15) is 4.79 Å². The molecule has 0 bridgehead atoms. The number of aromatic nitrogens is 2. The van der Waals surface area contributed by atoms with E-state index in [2.05, 4.69) is 62.2 Å². The number of anilines is 1. The van der Waals surface area contributed by atoms with Crippen molar-refractivity contribution in [1.82, 2.24) is 14.3 Å². The van der Waals surface area contributed by atoms with E-state index >= 15 is 0 Å². The lowest BCUT2D eigenvalue weighted by atomic mass is 9.90. The number of piperidine rings is 1. The van der Waals surface area contributed by atoms with Crippen molar-refractivity contribution in [2.75, 3.05) is 32.1 Å². The Kier molecular flexibility index (Phi) is 9.21. The van der Waals surface area contributed by atoms with Crippen molar-refractivity contribution in [1.29, 1.82) is 0 Å². The van der Waals surface area contributed by atoms with Crippen LogP contribution in [0.4, 0.5) is 5.69 Å². The van der Waals surface area contributed by atoms with Crippen molar-refractivity contribution in [3.05, 3.63) is 80.7 Å². The van der Waals surface area contributed by atoms with E-state index in [1.807, 2.05) is 48.2 Å². The van der Waals surface area contributed by atoms with E-state index in [4.69, 9.17) is 0 Å². The number of benzene rings is 1. The van der Waals surface area contributed by atoms with Gasteiger partial charge in [0.05, 0.1) is 17.7 Å². The molecule has 0 amide bonds. The zero-order valence-corrected chi connectivity index (χ0v) is 23.3. The maximum atomic E-state index is 13.0. The van der Waals surface area contributed by atoms with Crippen LogP contribution in [-0.2, 0) is 20.0 Å². The van der Waals surface area contributed by atoms with Crippen molar-refractivity contribution >= 4 is 33.7 Å². The summed E-state index contributed by atoms with van der Waals surface area (Å²) in [5, 5.41) is 0. The van der Waals surface area contributed by atoms with Crippen LogP contribution in [0.5, 0.6) is 0 Å². The quantitative estimate of drug-likeness (QED) is 0.299. The second-order valence-electron chi connectivity index (χ2n) is 9.82. The van der Waals surface area contributed by atoms with E-state index in [0.29, 0.717) is 4.47 Å². The van der Waals surface area contributed by atoms with E-state index in [0.717, 1.165) is 55.5 Å². The predicted molar refractivity (Wildman–Crippen MR) is 155 cm³/mol. The number of hydrogen-bond acceptors (Lipinski definition) is 3. The van der Waals surface area contributed by atoms with Crippen LogP contribution in [0.25, 0.3) is 5.70 Å². The zero-order chi connectivity index (χ0) is 25.5. The first-order valence-electron chi connectivity index (χ1n) is 12.9. The first-order valence-corrected chi connectivity index (χ1v) is 13.7. The number of aryl methyl sites for hydroxylation is 1. The molecule has 1 aliphatic heterocycles. The molecule has 192 valence electrons. The summed E-state index contributed by atoms with van der Waals surface area (Å²) in [6.45, 7) is 2.97. The molecule has 1 fully saturated rings. The summed E-state index contributed by atoms with van der Waals surface area (Å²) in [6.07, 6.45) is 19.0. The molecule has 1 aliphatic carbocycles. The molecule has 7 heteroatoms. The highest BCUT2D eigenvalue weighted by atomic mass is 79.9. The van der Waals surface area contributed by atoms with Gasteiger partial charge in [0.2, 0.25) is 0 Å². The molecule has 0 atom stereocenters.